The summed E-state index contributed by atoms with van der Waals surface area (Å²) in [5, 5.41) is 0. The smallest absolute Gasteiger partial charge is 0.131 e. The lowest BCUT2D eigenvalue weighted by Gasteiger charge is -2.10. The number of hydrogen-bond donors (Lipinski definition) is 1. The highest BCUT2D eigenvalue weighted by Gasteiger charge is 2.10. The first-order valence-corrected chi connectivity index (χ1v) is 5.80. The van der Waals surface area contributed by atoms with Crippen molar-refractivity contribution in [3.8, 4) is 11.1 Å². The Morgan fingerprint density at radius 3 is 2.44 bits per heavy atom. The van der Waals surface area contributed by atoms with Crippen LogP contribution in [0, 0.1) is 18.6 Å². The Kier molecular flexibility index (Phi) is 3.43. The quantitative estimate of drug-likeness (QED) is 0.854. The number of halogens is 2. The molecule has 0 aliphatic heterocycles. The zero-order chi connectivity index (χ0) is 13.3. The summed E-state index contributed by atoms with van der Waals surface area (Å²) in [6.45, 7) is 3.39. The van der Waals surface area contributed by atoms with Crippen molar-refractivity contribution >= 4 is 0 Å². The van der Waals surface area contributed by atoms with Crippen LogP contribution < -0.4 is 5.73 Å². The van der Waals surface area contributed by atoms with Gasteiger partial charge in [0.15, 0.2) is 0 Å². The average Bonchev–Trinajstić information content (AvgIpc) is 2.34. The van der Waals surface area contributed by atoms with Crippen LogP contribution in [0.5, 0.6) is 0 Å². The number of hydrogen-bond acceptors (Lipinski definition) is 1. The summed E-state index contributed by atoms with van der Waals surface area (Å²) in [7, 11) is 0. The standard InChI is InChI=1S/C15H15F2N/c1-9-6-15(17)13(8-14(9)16)12-5-3-4-11(7-12)10(2)18/h3-8,10H,18H2,1-2H3. The van der Waals surface area contributed by atoms with Crippen LogP contribution in [0.3, 0.4) is 0 Å². The van der Waals surface area contributed by atoms with Gasteiger partial charge in [-0.15, -0.1) is 0 Å². The fourth-order valence-electron chi connectivity index (χ4n) is 1.86. The van der Waals surface area contributed by atoms with Gasteiger partial charge < -0.3 is 5.73 Å². The minimum absolute atomic E-state index is 0.136. The van der Waals surface area contributed by atoms with Crippen LogP contribution >= 0.6 is 0 Å². The Morgan fingerprint density at radius 2 is 1.78 bits per heavy atom. The molecule has 1 nitrogen and oxygen atoms in total. The lowest BCUT2D eigenvalue weighted by molar-refractivity contribution is 0.595. The minimum Gasteiger partial charge on any atom is -0.324 e. The van der Waals surface area contributed by atoms with Gasteiger partial charge in [0.1, 0.15) is 11.6 Å². The maximum atomic E-state index is 13.9. The van der Waals surface area contributed by atoms with E-state index in [2.05, 4.69) is 0 Å². The predicted octanol–water partition coefficient (Wildman–Crippen LogP) is 3.96. The zero-order valence-electron chi connectivity index (χ0n) is 10.4. The molecule has 2 N–H and O–H groups in total. The molecule has 94 valence electrons. The molecular formula is C15H15F2N. The normalized spacial score (nSPS) is 12.5. The summed E-state index contributed by atoms with van der Waals surface area (Å²) >= 11 is 0. The molecule has 0 heterocycles. The van der Waals surface area contributed by atoms with Crippen molar-refractivity contribution in [1.29, 1.82) is 0 Å². The van der Waals surface area contributed by atoms with Crippen molar-refractivity contribution in [1.82, 2.24) is 0 Å². The third-order valence-electron chi connectivity index (χ3n) is 2.97. The molecule has 1 atom stereocenters. The first kappa shape index (κ1) is 12.7. The Hall–Kier alpha value is -1.74. The molecule has 0 saturated heterocycles. The second-order valence-electron chi connectivity index (χ2n) is 4.50. The molecule has 0 fully saturated rings. The van der Waals surface area contributed by atoms with Crippen molar-refractivity contribution in [3.05, 3.63) is 59.2 Å². The van der Waals surface area contributed by atoms with Crippen molar-refractivity contribution in [3.63, 3.8) is 0 Å². The van der Waals surface area contributed by atoms with E-state index >= 15 is 0 Å². The van der Waals surface area contributed by atoms with Crippen LogP contribution in [-0.2, 0) is 0 Å². The van der Waals surface area contributed by atoms with E-state index in [0.717, 1.165) is 5.56 Å². The van der Waals surface area contributed by atoms with Gasteiger partial charge >= 0.3 is 0 Å². The summed E-state index contributed by atoms with van der Waals surface area (Å²) in [4.78, 5) is 0. The fraction of sp³-hybridized carbons (Fsp3) is 0.200. The summed E-state index contributed by atoms with van der Waals surface area (Å²) in [5.41, 5.74) is 7.89. The van der Waals surface area contributed by atoms with E-state index in [-0.39, 0.29) is 11.6 Å². The third kappa shape index (κ3) is 2.41. The molecule has 1 unspecified atom stereocenters. The molecule has 18 heavy (non-hydrogen) atoms. The largest absolute Gasteiger partial charge is 0.324 e. The highest BCUT2D eigenvalue weighted by Crippen LogP contribution is 2.27. The maximum absolute atomic E-state index is 13.9. The highest BCUT2D eigenvalue weighted by molar-refractivity contribution is 5.65. The Morgan fingerprint density at radius 1 is 1.06 bits per heavy atom. The van der Waals surface area contributed by atoms with E-state index in [9.17, 15) is 8.78 Å². The molecule has 0 aliphatic rings. The second-order valence-corrected chi connectivity index (χ2v) is 4.50. The Labute approximate surface area is 105 Å². The zero-order valence-corrected chi connectivity index (χ0v) is 10.4. The van der Waals surface area contributed by atoms with Crippen molar-refractivity contribution in [2.45, 2.75) is 19.9 Å². The van der Waals surface area contributed by atoms with E-state index in [1.54, 1.807) is 25.1 Å². The molecule has 0 amide bonds. The summed E-state index contributed by atoms with van der Waals surface area (Å²) < 4.78 is 27.4. The highest BCUT2D eigenvalue weighted by atomic mass is 19.1. The second kappa shape index (κ2) is 4.86. The van der Waals surface area contributed by atoms with Crippen LogP contribution in [-0.4, -0.2) is 0 Å². The molecule has 2 aromatic carbocycles. The summed E-state index contributed by atoms with van der Waals surface area (Å²) in [5.74, 6) is -0.826. The van der Waals surface area contributed by atoms with Crippen molar-refractivity contribution in [2.75, 3.05) is 0 Å². The van der Waals surface area contributed by atoms with Crippen LogP contribution in [0.25, 0.3) is 11.1 Å². The fourth-order valence-corrected chi connectivity index (χ4v) is 1.86. The van der Waals surface area contributed by atoms with Gasteiger partial charge in [0.25, 0.3) is 0 Å². The topological polar surface area (TPSA) is 26.0 Å². The number of nitrogens with two attached hydrogens (primary N) is 1. The van der Waals surface area contributed by atoms with E-state index in [1.807, 2.05) is 13.0 Å². The first-order chi connectivity index (χ1) is 8.49. The summed E-state index contributed by atoms with van der Waals surface area (Å²) in [6, 6.07) is 9.51. The Balaban J connectivity index is 2.55. The van der Waals surface area contributed by atoms with E-state index in [4.69, 9.17) is 5.73 Å². The first-order valence-electron chi connectivity index (χ1n) is 5.80. The van der Waals surface area contributed by atoms with E-state index in [1.165, 1.54) is 12.1 Å². The van der Waals surface area contributed by atoms with E-state index < -0.39 is 11.6 Å². The van der Waals surface area contributed by atoms with Crippen LogP contribution in [0.4, 0.5) is 8.78 Å². The predicted molar refractivity (Wildman–Crippen MR) is 69.1 cm³/mol. The van der Waals surface area contributed by atoms with Crippen molar-refractivity contribution in [2.24, 2.45) is 5.73 Å². The molecule has 3 heteroatoms. The Bertz CT molecular complexity index is 577. The monoisotopic (exact) mass is 247 g/mol. The lowest BCUT2D eigenvalue weighted by Crippen LogP contribution is -2.04. The van der Waals surface area contributed by atoms with Crippen LogP contribution in [0.15, 0.2) is 36.4 Å². The maximum Gasteiger partial charge on any atom is 0.131 e. The van der Waals surface area contributed by atoms with Gasteiger partial charge in [-0.05, 0) is 48.7 Å². The van der Waals surface area contributed by atoms with Gasteiger partial charge in [-0.1, -0.05) is 18.2 Å². The number of aryl methyl sites for hydroxylation is 1. The minimum atomic E-state index is -0.421. The third-order valence-corrected chi connectivity index (χ3v) is 2.97. The molecule has 2 aromatic rings. The van der Waals surface area contributed by atoms with Crippen LogP contribution in [0.1, 0.15) is 24.1 Å². The number of rotatable bonds is 2. The summed E-state index contributed by atoms with van der Waals surface area (Å²) in [6.07, 6.45) is 0. The van der Waals surface area contributed by atoms with Crippen molar-refractivity contribution < 1.29 is 8.78 Å². The van der Waals surface area contributed by atoms with Gasteiger partial charge in [-0.3, -0.25) is 0 Å². The molecule has 0 bridgehead atoms. The molecule has 0 aliphatic carbocycles. The van der Waals surface area contributed by atoms with Gasteiger partial charge in [0, 0.05) is 11.6 Å². The van der Waals surface area contributed by atoms with Gasteiger partial charge in [0.05, 0.1) is 0 Å². The molecule has 0 spiro atoms. The SMILES string of the molecule is Cc1cc(F)c(-c2cccc(C(C)N)c2)cc1F. The van der Waals surface area contributed by atoms with Gasteiger partial charge in [-0.25, -0.2) is 8.78 Å². The molecule has 0 saturated carbocycles. The lowest BCUT2D eigenvalue weighted by atomic mass is 9.99. The van der Waals surface area contributed by atoms with Gasteiger partial charge in [0.2, 0.25) is 0 Å². The molecular weight excluding hydrogens is 232 g/mol. The van der Waals surface area contributed by atoms with Gasteiger partial charge in [-0.2, -0.15) is 0 Å². The molecule has 0 aromatic heterocycles. The van der Waals surface area contributed by atoms with Crippen LogP contribution in [0.2, 0.25) is 0 Å². The molecule has 0 radical (unpaired) electrons. The number of benzene rings is 2. The van der Waals surface area contributed by atoms with E-state index in [0.29, 0.717) is 11.1 Å². The molecule has 2 rings (SSSR count). The average molecular weight is 247 g/mol.